The highest BCUT2D eigenvalue weighted by molar-refractivity contribution is 14.1. The molecule has 1 aromatic carbocycles. The molecule has 0 radical (unpaired) electrons. The summed E-state index contributed by atoms with van der Waals surface area (Å²) < 4.78 is 5.63. The number of ether oxygens (including phenoxy) is 1. The second-order valence-electron chi connectivity index (χ2n) is 2.27. The fraction of sp³-hybridized carbons (Fsp3) is 0.125. The third-order valence-electron chi connectivity index (χ3n) is 1.44. The molecule has 0 bridgehead atoms. The van der Waals surface area contributed by atoms with E-state index in [1.807, 2.05) is 22.6 Å². The van der Waals surface area contributed by atoms with Crippen molar-refractivity contribution in [3.8, 4) is 5.75 Å². The van der Waals surface area contributed by atoms with Gasteiger partial charge in [-0.3, -0.25) is 0 Å². The van der Waals surface area contributed by atoms with Crippen LogP contribution in [0.25, 0.3) is 0 Å². The number of carboxylic acid groups (broad SMARTS) is 1. The van der Waals surface area contributed by atoms with Gasteiger partial charge in [0.15, 0.2) is 0 Å². The summed E-state index contributed by atoms with van der Waals surface area (Å²) in [5.41, 5.74) is 0.0828. The Morgan fingerprint density at radius 3 is 2.69 bits per heavy atom. The van der Waals surface area contributed by atoms with E-state index in [2.05, 4.69) is 0 Å². The van der Waals surface area contributed by atoms with Crippen molar-refractivity contribution in [2.24, 2.45) is 0 Å². The molecule has 0 spiro atoms. The van der Waals surface area contributed by atoms with Gasteiger partial charge in [0.2, 0.25) is 0 Å². The van der Waals surface area contributed by atoms with Crippen LogP contribution in [0.4, 0.5) is 0 Å². The average molecular weight is 312 g/mol. The maximum Gasteiger partial charge on any atom is 0.339 e. The molecule has 0 saturated heterocycles. The van der Waals surface area contributed by atoms with Gasteiger partial charge in [0.25, 0.3) is 0 Å². The summed E-state index contributed by atoms with van der Waals surface area (Å²) in [6.07, 6.45) is 0. The fourth-order valence-electron chi connectivity index (χ4n) is 0.927. The maximum atomic E-state index is 10.7. The molecule has 70 valence electrons. The Balaban J connectivity index is 3.38. The summed E-state index contributed by atoms with van der Waals surface area (Å²) in [7, 11) is 1.43. The van der Waals surface area contributed by atoms with Crippen LogP contribution >= 0.6 is 34.2 Å². The van der Waals surface area contributed by atoms with E-state index in [1.54, 1.807) is 6.07 Å². The molecule has 0 aliphatic rings. The number of carboxylic acids is 1. The van der Waals surface area contributed by atoms with E-state index < -0.39 is 5.97 Å². The number of rotatable bonds is 2. The van der Waals surface area contributed by atoms with Gasteiger partial charge in [0.05, 0.1) is 10.7 Å². The van der Waals surface area contributed by atoms with Gasteiger partial charge in [0.1, 0.15) is 11.3 Å². The summed E-state index contributed by atoms with van der Waals surface area (Å²) >= 11 is 7.67. The quantitative estimate of drug-likeness (QED) is 0.854. The smallest absolute Gasteiger partial charge is 0.339 e. The molecule has 0 aromatic heterocycles. The molecule has 1 rings (SSSR count). The molecule has 1 aromatic rings. The van der Waals surface area contributed by atoms with Crippen LogP contribution in [-0.2, 0) is 0 Å². The molecular formula is C8H6ClIO3. The lowest BCUT2D eigenvalue weighted by Crippen LogP contribution is -2.01. The van der Waals surface area contributed by atoms with Crippen LogP contribution in [0.3, 0.4) is 0 Å². The number of hydrogen-bond acceptors (Lipinski definition) is 2. The van der Waals surface area contributed by atoms with Crippen molar-refractivity contribution < 1.29 is 14.6 Å². The van der Waals surface area contributed by atoms with Crippen LogP contribution < -0.4 is 4.74 Å². The van der Waals surface area contributed by atoms with Crippen molar-refractivity contribution in [1.82, 2.24) is 0 Å². The highest BCUT2D eigenvalue weighted by Gasteiger charge is 2.14. The SMILES string of the molecule is COc1c(I)cc(Cl)cc1C(=O)O. The Morgan fingerprint density at radius 2 is 2.23 bits per heavy atom. The van der Waals surface area contributed by atoms with Crippen molar-refractivity contribution in [1.29, 1.82) is 0 Å². The zero-order chi connectivity index (χ0) is 10.0. The molecule has 0 unspecified atom stereocenters. The number of hydrogen-bond donors (Lipinski definition) is 1. The molecule has 0 aliphatic carbocycles. The lowest BCUT2D eigenvalue weighted by Gasteiger charge is -2.07. The van der Waals surface area contributed by atoms with Crippen LogP contribution in [0.2, 0.25) is 5.02 Å². The van der Waals surface area contributed by atoms with Crippen LogP contribution in [0.15, 0.2) is 12.1 Å². The van der Waals surface area contributed by atoms with Gasteiger partial charge in [-0.15, -0.1) is 0 Å². The number of methoxy groups -OCH3 is 1. The first-order valence-electron chi connectivity index (χ1n) is 3.32. The second kappa shape index (κ2) is 4.15. The molecule has 0 atom stereocenters. The van der Waals surface area contributed by atoms with Gasteiger partial charge in [-0.2, -0.15) is 0 Å². The fourth-order valence-corrected chi connectivity index (χ4v) is 2.18. The van der Waals surface area contributed by atoms with E-state index in [0.717, 1.165) is 0 Å². The van der Waals surface area contributed by atoms with Crippen molar-refractivity contribution in [2.45, 2.75) is 0 Å². The highest BCUT2D eigenvalue weighted by Crippen LogP contribution is 2.29. The monoisotopic (exact) mass is 312 g/mol. The minimum atomic E-state index is -1.04. The molecule has 13 heavy (non-hydrogen) atoms. The maximum absolute atomic E-state index is 10.7. The molecular weight excluding hydrogens is 306 g/mol. The van der Waals surface area contributed by atoms with Crippen molar-refractivity contribution in [2.75, 3.05) is 7.11 Å². The third kappa shape index (κ3) is 2.25. The Hall–Kier alpha value is -0.490. The minimum absolute atomic E-state index is 0.0828. The van der Waals surface area contributed by atoms with E-state index >= 15 is 0 Å². The lowest BCUT2D eigenvalue weighted by molar-refractivity contribution is 0.0693. The number of carbonyl (C=O) groups is 1. The average Bonchev–Trinajstić information content (AvgIpc) is 2.02. The van der Waals surface area contributed by atoms with Crippen molar-refractivity contribution >= 4 is 40.2 Å². The van der Waals surface area contributed by atoms with E-state index in [4.69, 9.17) is 21.4 Å². The van der Waals surface area contributed by atoms with Crippen LogP contribution in [0.1, 0.15) is 10.4 Å². The topological polar surface area (TPSA) is 46.5 Å². The van der Waals surface area contributed by atoms with Gasteiger partial charge >= 0.3 is 5.97 Å². The summed E-state index contributed by atoms with van der Waals surface area (Å²) in [5.74, 6) is -0.699. The van der Waals surface area contributed by atoms with Crippen LogP contribution in [0, 0.1) is 3.57 Å². The lowest BCUT2D eigenvalue weighted by atomic mass is 10.2. The molecule has 3 nitrogen and oxygen atoms in total. The molecule has 0 aliphatic heterocycles. The van der Waals surface area contributed by atoms with E-state index in [9.17, 15) is 4.79 Å². The highest BCUT2D eigenvalue weighted by atomic mass is 127. The first-order valence-corrected chi connectivity index (χ1v) is 4.78. The van der Waals surface area contributed by atoms with E-state index in [0.29, 0.717) is 14.3 Å². The largest absolute Gasteiger partial charge is 0.495 e. The van der Waals surface area contributed by atoms with Crippen molar-refractivity contribution in [3.63, 3.8) is 0 Å². The van der Waals surface area contributed by atoms with E-state index in [1.165, 1.54) is 13.2 Å². The minimum Gasteiger partial charge on any atom is -0.495 e. The van der Waals surface area contributed by atoms with Crippen LogP contribution in [0.5, 0.6) is 5.75 Å². The van der Waals surface area contributed by atoms with Gasteiger partial charge in [-0.25, -0.2) is 4.79 Å². The molecule has 0 saturated carbocycles. The predicted octanol–water partition coefficient (Wildman–Crippen LogP) is 2.65. The van der Waals surface area contributed by atoms with E-state index in [-0.39, 0.29) is 5.56 Å². The van der Waals surface area contributed by atoms with Crippen LogP contribution in [-0.4, -0.2) is 18.2 Å². The first kappa shape index (κ1) is 10.6. The number of aromatic carboxylic acids is 1. The first-order chi connectivity index (χ1) is 6.06. The summed E-state index contributed by atoms with van der Waals surface area (Å²) in [4.78, 5) is 10.7. The third-order valence-corrected chi connectivity index (χ3v) is 2.46. The molecule has 0 amide bonds. The van der Waals surface area contributed by atoms with Crippen molar-refractivity contribution in [3.05, 3.63) is 26.3 Å². The summed E-state index contributed by atoms with van der Waals surface area (Å²) in [6, 6.07) is 3.01. The summed E-state index contributed by atoms with van der Waals surface area (Å²) in [6.45, 7) is 0. The zero-order valence-electron chi connectivity index (χ0n) is 6.67. The standard InChI is InChI=1S/C8H6ClIO3/c1-13-7-5(8(11)12)2-4(9)3-6(7)10/h2-3H,1H3,(H,11,12). The second-order valence-corrected chi connectivity index (χ2v) is 3.87. The molecule has 0 fully saturated rings. The molecule has 5 heteroatoms. The zero-order valence-corrected chi connectivity index (χ0v) is 9.59. The predicted molar refractivity (Wildman–Crippen MR) is 57.7 cm³/mol. The van der Waals surface area contributed by atoms with Gasteiger partial charge in [-0.1, -0.05) is 11.6 Å². The number of benzene rings is 1. The summed E-state index contributed by atoms with van der Waals surface area (Å²) in [5, 5.41) is 9.19. The normalized spacial score (nSPS) is 9.77. The Labute approximate surface area is 93.8 Å². The van der Waals surface area contributed by atoms with Gasteiger partial charge < -0.3 is 9.84 Å². The van der Waals surface area contributed by atoms with Gasteiger partial charge in [0, 0.05) is 5.02 Å². The Morgan fingerprint density at radius 1 is 1.62 bits per heavy atom. The Kier molecular flexibility index (Phi) is 3.38. The molecule has 0 heterocycles. The Bertz CT molecular complexity index is 351. The number of halogens is 2. The molecule has 1 N–H and O–H groups in total. The van der Waals surface area contributed by atoms with Gasteiger partial charge in [-0.05, 0) is 34.7 Å².